The molecule has 0 amide bonds. The first kappa shape index (κ1) is 15.6. The smallest absolute Gasteiger partial charge is 0.339 e. The maximum absolute atomic E-state index is 13.1. The topological polar surface area (TPSA) is 110 Å². The lowest BCUT2D eigenvalue weighted by molar-refractivity contribution is 0.0693. The van der Waals surface area contributed by atoms with Gasteiger partial charge in [0.1, 0.15) is 17.1 Å². The molecule has 1 aromatic carbocycles. The van der Waals surface area contributed by atoms with Crippen molar-refractivity contribution < 1.29 is 19.4 Å². The van der Waals surface area contributed by atoms with Crippen LogP contribution in [0.4, 0.5) is 4.39 Å². The standard InChI is InChI=1S/C10H13FN2O3.ClH/c11-5-3-6(8(13)1-2-12)9(14)7(4-5)10(15)16;/h3-4,8,14H,1-2,12-13H2,(H,15,16);1H/t8-;/m0./s1. The van der Waals surface area contributed by atoms with E-state index in [-0.39, 0.29) is 24.5 Å². The van der Waals surface area contributed by atoms with E-state index in [4.69, 9.17) is 16.6 Å². The third-order valence-electron chi connectivity index (χ3n) is 2.21. The number of nitrogens with two attached hydrogens (primary N) is 2. The summed E-state index contributed by atoms with van der Waals surface area (Å²) < 4.78 is 13.1. The SMILES string of the molecule is Cl.NCC[C@H](N)c1cc(F)cc(C(=O)O)c1O. The van der Waals surface area contributed by atoms with E-state index in [1.165, 1.54) is 0 Å². The van der Waals surface area contributed by atoms with E-state index < -0.39 is 29.1 Å². The minimum atomic E-state index is -1.40. The molecule has 0 radical (unpaired) electrons. The number of aromatic hydroxyl groups is 1. The molecular formula is C10H14ClFN2O3. The fourth-order valence-electron chi connectivity index (χ4n) is 1.40. The molecule has 0 aliphatic rings. The summed E-state index contributed by atoms with van der Waals surface area (Å²) in [7, 11) is 0. The van der Waals surface area contributed by atoms with E-state index in [0.29, 0.717) is 6.42 Å². The van der Waals surface area contributed by atoms with Gasteiger partial charge >= 0.3 is 5.97 Å². The van der Waals surface area contributed by atoms with Crippen LogP contribution in [0.5, 0.6) is 5.75 Å². The van der Waals surface area contributed by atoms with Crippen LogP contribution >= 0.6 is 12.4 Å². The molecule has 0 fully saturated rings. The molecular weight excluding hydrogens is 251 g/mol. The number of carbonyl (C=O) groups is 1. The van der Waals surface area contributed by atoms with Crippen LogP contribution in [-0.4, -0.2) is 22.7 Å². The number of benzene rings is 1. The molecule has 0 saturated carbocycles. The lowest BCUT2D eigenvalue weighted by Gasteiger charge is -2.14. The minimum Gasteiger partial charge on any atom is -0.507 e. The number of hydrogen-bond donors (Lipinski definition) is 4. The van der Waals surface area contributed by atoms with Gasteiger partial charge in [-0.05, 0) is 25.1 Å². The Morgan fingerprint density at radius 1 is 1.47 bits per heavy atom. The van der Waals surface area contributed by atoms with E-state index in [9.17, 15) is 14.3 Å². The lowest BCUT2D eigenvalue weighted by Crippen LogP contribution is -2.16. The van der Waals surface area contributed by atoms with Gasteiger partial charge in [-0.1, -0.05) is 0 Å². The normalized spacial score (nSPS) is 11.7. The van der Waals surface area contributed by atoms with Crippen LogP contribution in [-0.2, 0) is 0 Å². The lowest BCUT2D eigenvalue weighted by atomic mass is 10.00. The molecule has 0 unspecified atom stereocenters. The number of carboxylic acid groups (broad SMARTS) is 1. The summed E-state index contributed by atoms with van der Waals surface area (Å²) in [6.07, 6.45) is 0.329. The number of phenols is 1. The summed E-state index contributed by atoms with van der Waals surface area (Å²) in [4.78, 5) is 10.7. The first-order valence-electron chi connectivity index (χ1n) is 4.68. The second kappa shape index (κ2) is 6.39. The van der Waals surface area contributed by atoms with Crippen molar-refractivity contribution in [3.05, 3.63) is 29.1 Å². The van der Waals surface area contributed by atoms with Gasteiger partial charge in [0.05, 0.1) is 0 Å². The molecule has 0 aromatic heterocycles. The molecule has 6 N–H and O–H groups in total. The van der Waals surface area contributed by atoms with Gasteiger partial charge in [0, 0.05) is 11.6 Å². The van der Waals surface area contributed by atoms with E-state index in [2.05, 4.69) is 0 Å². The second-order valence-corrected chi connectivity index (χ2v) is 3.38. The molecule has 7 heteroatoms. The fourth-order valence-corrected chi connectivity index (χ4v) is 1.40. The molecule has 96 valence electrons. The third-order valence-corrected chi connectivity index (χ3v) is 2.21. The van der Waals surface area contributed by atoms with Crippen molar-refractivity contribution in [3.8, 4) is 5.75 Å². The van der Waals surface area contributed by atoms with Gasteiger partial charge in [-0.2, -0.15) is 0 Å². The summed E-state index contributed by atoms with van der Waals surface area (Å²) in [5, 5.41) is 18.3. The van der Waals surface area contributed by atoms with Crippen molar-refractivity contribution in [2.45, 2.75) is 12.5 Å². The average Bonchev–Trinajstić information content (AvgIpc) is 2.20. The van der Waals surface area contributed by atoms with Crippen LogP contribution in [0.25, 0.3) is 0 Å². The molecule has 0 spiro atoms. The molecule has 0 saturated heterocycles. The highest BCUT2D eigenvalue weighted by Crippen LogP contribution is 2.29. The average molecular weight is 265 g/mol. The van der Waals surface area contributed by atoms with Crippen molar-refractivity contribution in [1.29, 1.82) is 0 Å². The predicted molar refractivity (Wildman–Crippen MR) is 62.9 cm³/mol. The number of halogens is 2. The van der Waals surface area contributed by atoms with Gasteiger partial charge in [0.2, 0.25) is 0 Å². The highest BCUT2D eigenvalue weighted by molar-refractivity contribution is 5.91. The van der Waals surface area contributed by atoms with Crippen LogP contribution in [0.1, 0.15) is 28.4 Å². The number of rotatable bonds is 4. The molecule has 0 aliphatic heterocycles. The largest absolute Gasteiger partial charge is 0.507 e. The Labute approximate surface area is 104 Å². The van der Waals surface area contributed by atoms with Crippen molar-refractivity contribution in [3.63, 3.8) is 0 Å². The monoisotopic (exact) mass is 264 g/mol. The molecule has 1 aromatic rings. The second-order valence-electron chi connectivity index (χ2n) is 3.38. The van der Waals surface area contributed by atoms with Crippen LogP contribution in [0.15, 0.2) is 12.1 Å². The van der Waals surface area contributed by atoms with Crippen molar-refractivity contribution in [2.24, 2.45) is 11.5 Å². The Hall–Kier alpha value is -1.37. The first-order chi connectivity index (χ1) is 7.47. The zero-order chi connectivity index (χ0) is 12.3. The van der Waals surface area contributed by atoms with Gasteiger partial charge in [0.25, 0.3) is 0 Å². The van der Waals surface area contributed by atoms with Crippen LogP contribution < -0.4 is 11.5 Å². The molecule has 17 heavy (non-hydrogen) atoms. The van der Waals surface area contributed by atoms with Gasteiger partial charge in [-0.25, -0.2) is 9.18 Å². The zero-order valence-electron chi connectivity index (χ0n) is 8.89. The number of carboxylic acids is 1. The molecule has 0 heterocycles. The summed E-state index contributed by atoms with van der Waals surface area (Å²) in [6, 6.07) is 1.08. The summed E-state index contributed by atoms with van der Waals surface area (Å²) in [6.45, 7) is 0.263. The summed E-state index contributed by atoms with van der Waals surface area (Å²) in [5.74, 6) is -2.66. The van der Waals surface area contributed by atoms with Crippen LogP contribution in [0.2, 0.25) is 0 Å². The quantitative estimate of drug-likeness (QED) is 0.649. The van der Waals surface area contributed by atoms with Crippen LogP contribution in [0.3, 0.4) is 0 Å². The van der Waals surface area contributed by atoms with Gasteiger partial charge in [-0.15, -0.1) is 12.4 Å². The van der Waals surface area contributed by atoms with E-state index in [1.807, 2.05) is 0 Å². The van der Waals surface area contributed by atoms with E-state index >= 15 is 0 Å². The highest BCUT2D eigenvalue weighted by Gasteiger charge is 2.19. The molecule has 5 nitrogen and oxygen atoms in total. The Balaban J connectivity index is 0.00000256. The van der Waals surface area contributed by atoms with E-state index in [1.54, 1.807) is 0 Å². The van der Waals surface area contributed by atoms with E-state index in [0.717, 1.165) is 12.1 Å². The minimum absolute atomic E-state index is 0. The van der Waals surface area contributed by atoms with Crippen LogP contribution in [0, 0.1) is 5.82 Å². The molecule has 1 rings (SSSR count). The maximum Gasteiger partial charge on any atom is 0.339 e. The summed E-state index contributed by atoms with van der Waals surface area (Å²) in [5.41, 5.74) is 10.5. The Kier molecular flexibility index (Phi) is 5.87. The van der Waals surface area contributed by atoms with Crippen molar-refractivity contribution in [1.82, 2.24) is 0 Å². The van der Waals surface area contributed by atoms with Gasteiger partial charge < -0.3 is 21.7 Å². The Morgan fingerprint density at radius 2 is 2.06 bits per heavy atom. The van der Waals surface area contributed by atoms with Gasteiger partial charge in [0.15, 0.2) is 0 Å². The first-order valence-corrected chi connectivity index (χ1v) is 4.68. The predicted octanol–water partition coefficient (Wildman–Crippen LogP) is 1.000. The third kappa shape index (κ3) is 3.55. The number of hydrogen-bond acceptors (Lipinski definition) is 4. The molecule has 0 aliphatic carbocycles. The molecule has 1 atom stereocenters. The zero-order valence-corrected chi connectivity index (χ0v) is 9.71. The Morgan fingerprint density at radius 3 is 2.53 bits per heavy atom. The Bertz CT molecular complexity index is 415. The maximum atomic E-state index is 13.1. The number of aromatic carboxylic acids is 1. The van der Waals surface area contributed by atoms with Gasteiger partial charge in [-0.3, -0.25) is 0 Å². The highest BCUT2D eigenvalue weighted by atomic mass is 35.5. The summed E-state index contributed by atoms with van der Waals surface area (Å²) >= 11 is 0. The fraction of sp³-hybridized carbons (Fsp3) is 0.300. The van der Waals surface area contributed by atoms with Crippen molar-refractivity contribution in [2.75, 3.05) is 6.54 Å². The van der Waals surface area contributed by atoms with Crippen molar-refractivity contribution >= 4 is 18.4 Å². The molecule has 0 bridgehead atoms.